The van der Waals surface area contributed by atoms with E-state index in [1.165, 1.54) is 17.7 Å². The van der Waals surface area contributed by atoms with Crippen LogP contribution < -0.4 is 14.4 Å². The first-order valence-electron chi connectivity index (χ1n) is 12.0. The molecule has 182 valence electrons. The molecule has 5 nitrogen and oxygen atoms in total. The van der Waals surface area contributed by atoms with Gasteiger partial charge in [-0.15, -0.1) is 0 Å². The molecule has 0 saturated carbocycles. The van der Waals surface area contributed by atoms with Gasteiger partial charge in [0.1, 0.15) is 0 Å². The lowest BCUT2D eigenvalue weighted by molar-refractivity contribution is 0.0893. The van der Waals surface area contributed by atoms with E-state index < -0.39 is 11.8 Å². The van der Waals surface area contributed by atoms with Crippen molar-refractivity contribution in [2.75, 3.05) is 18.1 Å². The highest BCUT2D eigenvalue weighted by molar-refractivity contribution is 6.41. The number of aryl methyl sites for hydroxylation is 2. The van der Waals surface area contributed by atoms with E-state index in [1.807, 2.05) is 13.8 Å². The number of nitrogens with zero attached hydrogens (tertiary/aromatic N) is 1. The molecule has 0 bridgehead atoms. The lowest BCUT2D eigenvalue weighted by Gasteiger charge is -2.29. The van der Waals surface area contributed by atoms with Crippen molar-refractivity contribution >= 4 is 51.5 Å². The van der Waals surface area contributed by atoms with Gasteiger partial charge in [0.25, 0.3) is 11.8 Å². The molecule has 2 aliphatic heterocycles. The number of rotatable bonds is 5. The van der Waals surface area contributed by atoms with Crippen LogP contribution in [0.1, 0.15) is 64.4 Å². The molecule has 0 spiro atoms. The van der Waals surface area contributed by atoms with Gasteiger partial charge in [-0.05, 0) is 61.0 Å². The Labute approximate surface area is 214 Å². The van der Waals surface area contributed by atoms with Gasteiger partial charge in [-0.25, -0.2) is 4.90 Å². The van der Waals surface area contributed by atoms with E-state index in [1.54, 1.807) is 30.3 Å². The van der Waals surface area contributed by atoms with Crippen molar-refractivity contribution in [1.29, 1.82) is 0 Å². The zero-order valence-electron chi connectivity index (χ0n) is 20.0. The summed E-state index contributed by atoms with van der Waals surface area (Å²) in [6.45, 7) is 7.05. The third-order valence-electron chi connectivity index (χ3n) is 7.01. The summed E-state index contributed by atoms with van der Waals surface area (Å²) in [5.74, 6) is 0.589. The molecule has 5 rings (SSSR count). The van der Waals surface area contributed by atoms with Crippen LogP contribution in [-0.4, -0.2) is 25.0 Å². The molecule has 2 amide bonds. The molecule has 1 atom stereocenters. The summed E-state index contributed by atoms with van der Waals surface area (Å²) in [5.41, 5.74) is 2.77. The van der Waals surface area contributed by atoms with Gasteiger partial charge in [0.15, 0.2) is 11.5 Å². The first kappa shape index (κ1) is 24.0. The smallest absolute Gasteiger partial charge is 0.266 e. The molecule has 0 aromatic heterocycles. The standard InChI is InChI=1S/C28H27Cl2NO4/c1-4-5-6-7-17-13-34-23-9-8-18(10-24(23)35-14-17)31-27(32)19-11-21(29)15(2)25-16(3)22(30)12-20(26(19)25)28(31)33/h8-12,17H,4-7,13-14H2,1-3H3. The van der Waals surface area contributed by atoms with Crippen molar-refractivity contribution in [2.24, 2.45) is 5.92 Å². The van der Waals surface area contributed by atoms with Crippen LogP contribution in [0.4, 0.5) is 5.69 Å². The molecule has 0 fully saturated rings. The maximum atomic E-state index is 13.6. The van der Waals surface area contributed by atoms with Crippen LogP contribution in [0.2, 0.25) is 10.0 Å². The molecule has 3 aromatic rings. The van der Waals surface area contributed by atoms with E-state index >= 15 is 0 Å². The van der Waals surface area contributed by atoms with Crippen LogP contribution in [0, 0.1) is 19.8 Å². The monoisotopic (exact) mass is 511 g/mol. The van der Waals surface area contributed by atoms with Crippen molar-refractivity contribution in [2.45, 2.75) is 46.5 Å². The molecule has 0 N–H and O–H groups in total. The first-order valence-corrected chi connectivity index (χ1v) is 12.8. The largest absolute Gasteiger partial charge is 0.489 e. The highest BCUT2D eigenvalue weighted by Crippen LogP contribution is 2.42. The molecule has 7 heteroatoms. The van der Waals surface area contributed by atoms with Gasteiger partial charge in [-0.1, -0.05) is 49.4 Å². The van der Waals surface area contributed by atoms with E-state index in [0.29, 0.717) is 62.9 Å². The summed E-state index contributed by atoms with van der Waals surface area (Å²) in [7, 11) is 0. The number of carbonyl (C=O) groups is 2. The number of benzene rings is 3. The van der Waals surface area contributed by atoms with Gasteiger partial charge in [0.05, 0.1) is 30.0 Å². The Bertz CT molecular complexity index is 1300. The predicted molar refractivity (Wildman–Crippen MR) is 140 cm³/mol. The van der Waals surface area contributed by atoms with Crippen molar-refractivity contribution in [3.63, 3.8) is 0 Å². The van der Waals surface area contributed by atoms with Crippen LogP contribution in [0.15, 0.2) is 30.3 Å². The highest BCUT2D eigenvalue weighted by Gasteiger charge is 2.36. The Hall–Kier alpha value is -2.76. The number of hydrogen-bond acceptors (Lipinski definition) is 4. The lowest BCUT2D eigenvalue weighted by Crippen LogP contribution is -2.40. The van der Waals surface area contributed by atoms with E-state index in [2.05, 4.69) is 6.92 Å². The number of fused-ring (bicyclic) bond motifs is 1. The highest BCUT2D eigenvalue weighted by atomic mass is 35.5. The number of imide groups is 1. The van der Waals surface area contributed by atoms with Crippen molar-refractivity contribution in [1.82, 2.24) is 0 Å². The summed E-state index contributed by atoms with van der Waals surface area (Å²) in [4.78, 5) is 28.5. The molecule has 2 aliphatic rings. The second-order valence-corrected chi connectivity index (χ2v) is 10.2. The zero-order valence-corrected chi connectivity index (χ0v) is 21.6. The van der Waals surface area contributed by atoms with Gasteiger partial charge >= 0.3 is 0 Å². The predicted octanol–water partition coefficient (Wildman–Crippen LogP) is 7.53. The van der Waals surface area contributed by atoms with E-state index in [9.17, 15) is 9.59 Å². The summed E-state index contributed by atoms with van der Waals surface area (Å²) >= 11 is 13.0. The fourth-order valence-electron chi connectivity index (χ4n) is 5.01. The summed E-state index contributed by atoms with van der Waals surface area (Å²) in [6, 6.07) is 8.45. The Kier molecular flexibility index (Phi) is 6.41. The van der Waals surface area contributed by atoms with Crippen LogP contribution in [0.5, 0.6) is 11.5 Å². The SMILES string of the molecule is CCCCCC1COc2ccc(N3C(=O)c4cc(Cl)c(C)c5c(C)c(Cl)cc(c45)C3=O)cc2OC1. The summed E-state index contributed by atoms with van der Waals surface area (Å²) in [6.07, 6.45) is 4.54. The number of halogens is 2. The van der Waals surface area contributed by atoms with Gasteiger partial charge in [0, 0.05) is 27.4 Å². The average Bonchev–Trinajstić information content (AvgIpc) is 3.04. The van der Waals surface area contributed by atoms with E-state index in [4.69, 9.17) is 32.7 Å². The Morgan fingerprint density at radius 3 is 2.06 bits per heavy atom. The molecule has 1 unspecified atom stereocenters. The van der Waals surface area contributed by atoms with Gasteiger partial charge in [-0.3, -0.25) is 9.59 Å². The van der Waals surface area contributed by atoms with Gasteiger partial charge in [0.2, 0.25) is 0 Å². The second-order valence-electron chi connectivity index (χ2n) is 9.37. The van der Waals surface area contributed by atoms with Crippen LogP contribution in [0.25, 0.3) is 10.8 Å². The van der Waals surface area contributed by atoms with E-state index in [0.717, 1.165) is 29.4 Å². The van der Waals surface area contributed by atoms with Crippen molar-refractivity contribution in [3.8, 4) is 11.5 Å². The lowest BCUT2D eigenvalue weighted by atomic mass is 9.89. The van der Waals surface area contributed by atoms with Crippen LogP contribution in [-0.2, 0) is 0 Å². The number of amides is 2. The first-order chi connectivity index (χ1) is 16.8. The van der Waals surface area contributed by atoms with Crippen molar-refractivity contribution < 1.29 is 19.1 Å². The summed E-state index contributed by atoms with van der Waals surface area (Å²) in [5, 5.41) is 2.27. The Balaban J connectivity index is 1.53. The zero-order chi connectivity index (χ0) is 24.9. The van der Waals surface area contributed by atoms with Crippen molar-refractivity contribution in [3.05, 3.63) is 62.6 Å². The van der Waals surface area contributed by atoms with E-state index in [-0.39, 0.29) is 0 Å². The number of ether oxygens (including phenoxy) is 2. The fourth-order valence-corrected chi connectivity index (χ4v) is 5.42. The number of unbranched alkanes of at least 4 members (excludes halogenated alkanes) is 2. The Morgan fingerprint density at radius 2 is 1.46 bits per heavy atom. The summed E-state index contributed by atoms with van der Waals surface area (Å²) < 4.78 is 12.1. The molecule has 3 aromatic carbocycles. The molecule has 2 heterocycles. The van der Waals surface area contributed by atoms with Gasteiger partial charge in [-0.2, -0.15) is 0 Å². The quantitative estimate of drug-likeness (QED) is 0.262. The molecule has 0 saturated heterocycles. The topological polar surface area (TPSA) is 55.8 Å². The molecular weight excluding hydrogens is 485 g/mol. The Morgan fingerprint density at radius 1 is 0.857 bits per heavy atom. The third-order valence-corrected chi connectivity index (χ3v) is 7.80. The van der Waals surface area contributed by atoms with Crippen LogP contribution in [0.3, 0.4) is 0 Å². The minimum Gasteiger partial charge on any atom is -0.489 e. The maximum Gasteiger partial charge on any atom is 0.266 e. The number of carbonyl (C=O) groups excluding carboxylic acids is 2. The second kappa shape index (κ2) is 9.36. The maximum absolute atomic E-state index is 13.6. The number of hydrogen-bond donors (Lipinski definition) is 0. The average molecular weight is 512 g/mol. The molecule has 0 aliphatic carbocycles. The minimum atomic E-state index is -0.428. The van der Waals surface area contributed by atoms with Crippen LogP contribution >= 0.6 is 23.2 Å². The minimum absolute atomic E-state index is 0.302. The number of anilines is 1. The molecule has 35 heavy (non-hydrogen) atoms. The molecular formula is C28H27Cl2NO4. The normalized spacial score (nSPS) is 17.2. The molecule has 0 radical (unpaired) electrons. The third kappa shape index (κ3) is 4.05. The fraction of sp³-hybridized carbons (Fsp3) is 0.357. The van der Waals surface area contributed by atoms with Gasteiger partial charge < -0.3 is 9.47 Å².